The van der Waals surface area contributed by atoms with Crippen molar-refractivity contribution in [2.45, 2.75) is 26.2 Å². The van der Waals surface area contributed by atoms with Gasteiger partial charge < -0.3 is 4.98 Å². The molecule has 1 heterocycles. The summed E-state index contributed by atoms with van der Waals surface area (Å²) in [6.07, 6.45) is 0. The molecular formula is C38H29N. The van der Waals surface area contributed by atoms with Crippen molar-refractivity contribution in [1.29, 1.82) is 0 Å². The Morgan fingerprint density at radius 3 is 1.77 bits per heavy atom. The van der Waals surface area contributed by atoms with E-state index in [-0.39, 0.29) is 5.41 Å². The minimum absolute atomic E-state index is 0.0949. The summed E-state index contributed by atoms with van der Waals surface area (Å²) in [5.41, 5.74) is 13.0. The number of aryl methyl sites for hydroxylation is 1. The topological polar surface area (TPSA) is 15.8 Å². The summed E-state index contributed by atoms with van der Waals surface area (Å²) in [4.78, 5) is 3.76. The highest BCUT2D eigenvalue weighted by molar-refractivity contribution is 6.21. The van der Waals surface area contributed by atoms with Gasteiger partial charge in [-0.15, -0.1) is 0 Å². The number of nitrogens with one attached hydrogen (secondary N) is 1. The molecule has 0 saturated heterocycles. The molecule has 8 rings (SSSR count). The zero-order valence-electron chi connectivity index (χ0n) is 22.5. The normalized spacial score (nSPS) is 13.7. The first-order valence-electron chi connectivity index (χ1n) is 13.8. The summed E-state index contributed by atoms with van der Waals surface area (Å²) in [5, 5.41) is 6.53. The van der Waals surface area contributed by atoms with E-state index in [1.54, 1.807) is 0 Å². The van der Waals surface area contributed by atoms with E-state index in [2.05, 4.69) is 141 Å². The lowest BCUT2D eigenvalue weighted by atomic mass is 9.79. The van der Waals surface area contributed by atoms with E-state index in [1.165, 1.54) is 82.6 Å². The van der Waals surface area contributed by atoms with Crippen LogP contribution in [0.1, 0.15) is 30.5 Å². The molecule has 1 aliphatic carbocycles. The SMILES string of the molecule is Cc1ccc2[nH]c3c(c2c1)C(C)(C)c1cc(-c2c4ccccc4c(-c4ccccc4)c4ccccc24)ccc1-3. The van der Waals surface area contributed by atoms with Gasteiger partial charge >= 0.3 is 0 Å². The predicted octanol–water partition coefficient (Wildman–Crippen LogP) is 10.4. The fourth-order valence-corrected chi connectivity index (χ4v) is 7.08. The van der Waals surface area contributed by atoms with Crippen LogP contribution in [0.2, 0.25) is 0 Å². The lowest BCUT2D eigenvalue weighted by Crippen LogP contribution is -2.15. The highest BCUT2D eigenvalue weighted by Crippen LogP contribution is 2.53. The number of aromatic amines is 1. The van der Waals surface area contributed by atoms with Crippen molar-refractivity contribution < 1.29 is 0 Å². The summed E-state index contributed by atoms with van der Waals surface area (Å²) in [6, 6.07) is 42.5. The van der Waals surface area contributed by atoms with Crippen LogP contribution < -0.4 is 0 Å². The molecule has 0 bridgehead atoms. The van der Waals surface area contributed by atoms with Crippen LogP contribution in [0.4, 0.5) is 0 Å². The summed E-state index contributed by atoms with van der Waals surface area (Å²) in [6.45, 7) is 6.94. The molecule has 1 aromatic heterocycles. The van der Waals surface area contributed by atoms with Crippen molar-refractivity contribution in [3.05, 3.63) is 132 Å². The molecule has 1 aliphatic rings. The van der Waals surface area contributed by atoms with Crippen molar-refractivity contribution >= 4 is 32.4 Å². The summed E-state index contributed by atoms with van der Waals surface area (Å²) >= 11 is 0. The van der Waals surface area contributed by atoms with Crippen molar-refractivity contribution in [1.82, 2.24) is 4.98 Å². The highest BCUT2D eigenvalue weighted by Gasteiger charge is 2.39. The first-order valence-corrected chi connectivity index (χ1v) is 13.8. The molecule has 1 heteroatoms. The zero-order chi connectivity index (χ0) is 26.3. The van der Waals surface area contributed by atoms with E-state index in [0.717, 1.165) is 0 Å². The predicted molar refractivity (Wildman–Crippen MR) is 166 cm³/mol. The highest BCUT2D eigenvalue weighted by atomic mass is 14.7. The van der Waals surface area contributed by atoms with Crippen LogP contribution in [0.5, 0.6) is 0 Å². The fraction of sp³-hybridized carbons (Fsp3) is 0.105. The molecule has 0 saturated carbocycles. The van der Waals surface area contributed by atoms with E-state index >= 15 is 0 Å². The molecule has 1 N–H and O–H groups in total. The van der Waals surface area contributed by atoms with Crippen LogP contribution in [-0.4, -0.2) is 4.98 Å². The largest absolute Gasteiger partial charge is 0.354 e. The van der Waals surface area contributed by atoms with E-state index in [4.69, 9.17) is 0 Å². The molecule has 39 heavy (non-hydrogen) atoms. The molecule has 0 amide bonds. The number of benzene rings is 6. The standard InChI is InChI=1S/C38H29N/c1-23-17-20-33-31(21-23)36-37(39-33)30-19-18-25(22-32(30)38(36,2)3)35-28-15-9-7-13-26(28)34(24-11-5-4-6-12-24)27-14-8-10-16-29(27)35/h4-22,39H,1-3H3. The Labute approximate surface area is 228 Å². The summed E-state index contributed by atoms with van der Waals surface area (Å²) < 4.78 is 0. The fourth-order valence-electron chi connectivity index (χ4n) is 7.08. The second-order valence-corrected chi connectivity index (χ2v) is 11.5. The second kappa shape index (κ2) is 7.94. The van der Waals surface area contributed by atoms with Gasteiger partial charge in [-0.05, 0) is 80.0 Å². The Morgan fingerprint density at radius 2 is 1.13 bits per heavy atom. The average molecular weight is 500 g/mol. The molecule has 0 atom stereocenters. The Morgan fingerprint density at radius 1 is 0.538 bits per heavy atom. The van der Waals surface area contributed by atoms with E-state index in [9.17, 15) is 0 Å². The maximum Gasteiger partial charge on any atom is 0.0509 e. The first-order chi connectivity index (χ1) is 19.0. The lowest BCUT2D eigenvalue weighted by molar-refractivity contribution is 0.667. The number of hydrogen-bond acceptors (Lipinski definition) is 0. The van der Waals surface area contributed by atoms with Gasteiger partial charge in [-0.1, -0.05) is 116 Å². The monoisotopic (exact) mass is 499 g/mol. The Kier molecular flexibility index (Phi) is 4.56. The maximum absolute atomic E-state index is 3.76. The quantitative estimate of drug-likeness (QED) is 0.228. The number of fused-ring (bicyclic) bond motifs is 7. The van der Waals surface area contributed by atoms with E-state index < -0.39 is 0 Å². The third kappa shape index (κ3) is 3.08. The number of hydrogen-bond donors (Lipinski definition) is 1. The number of rotatable bonds is 2. The van der Waals surface area contributed by atoms with Gasteiger partial charge in [0.1, 0.15) is 0 Å². The van der Waals surface area contributed by atoms with Gasteiger partial charge in [0, 0.05) is 21.9 Å². The molecule has 186 valence electrons. The molecular weight excluding hydrogens is 470 g/mol. The molecule has 7 aromatic rings. The van der Waals surface area contributed by atoms with Gasteiger partial charge in [-0.2, -0.15) is 0 Å². The third-order valence-corrected chi connectivity index (χ3v) is 8.82. The van der Waals surface area contributed by atoms with Gasteiger partial charge in [0.2, 0.25) is 0 Å². The smallest absolute Gasteiger partial charge is 0.0509 e. The van der Waals surface area contributed by atoms with Crippen LogP contribution in [0.15, 0.2) is 115 Å². The third-order valence-electron chi connectivity index (χ3n) is 8.82. The van der Waals surface area contributed by atoms with Crippen LogP contribution in [0.3, 0.4) is 0 Å². The van der Waals surface area contributed by atoms with Gasteiger partial charge in [0.25, 0.3) is 0 Å². The van der Waals surface area contributed by atoms with Crippen molar-refractivity contribution in [3.8, 4) is 33.5 Å². The molecule has 0 spiro atoms. The Bertz CT molecular complexity index is 2030. The second-order valence-electron chi connectivity index (χ2n) is 11.5. The number of H-pyrrole nitrogens is 1. The minimum Gasteiger partial charge on any atom is -0.354 e. The van der Waals surface area contributed by atoms with Gasteiger partial charge in [0.05, 0.1) is 5.69 Å². The summed E-state index contributed by atoms with van der Waals surface area (Å²) in [5.74, 6) is 0. The van der Waals surface area contributed by atoms with Gasteiger partial charge in [-0.3, -0.25) is 0 Å². The molecule has 0 radical (unpaired) electrons. The van der Waals surface area contributed by atoms with Crippen LogP contribution in [0, 0.1) is 6.92 Å². The maximum atomic E-state index is 3.76. The number of aromatic nitrogens is 1. The van der Waals surface area contributed by atoms with E-state index in [1.807, 2.05) is 0 Å². The zero-order valence-corrected chi connectivity index (χ0v) is 22.5. The summed E-state index contributed by atoms with van der Waals surface area (Å²) in [7, 11) is 0. The van der Waals surface area contributed by atoms with E-state index in [0.29, 0.717) is 0 Å². The minimum atomic E-state index is -0.0949. The van der Waals surface area contributed by atoms with Crippen molar-refractivity contribution in [2.75, 3.05) is 0 Å². The van der Waals surface area contributed by atoms with Crippen molar-refractivity contribution in [3.63, 3.8) is 0 Å². The molecule has 0 unspecified atom stereocenters. The van der Waals surface area contributed by atoms with Crippen molar-refractivity contribution in [2.24, 2.45) is 0 Å². The first kappa shape index (κ1) is 22.4. The molecule has 1 nitrogen and oxygen atoms in total. The lowest BCUT2D eigenvalue weighted by Gasteiger charge is -2.23. The Hall–Kier alpha value is -4.62. The van der Waals surface area contributed by atoms with Crippen LogP contribution >= 0.6 is 0 Å². The van der Waals surface area contributed by atoms with Gasteiger partial charge in [0.15, 0.2) is 0 Å². The average Bonchev–Trinajstić information content (AvgIpc) is 3.44. The molecule has 0 aliphatic heterocycles. The van der Waals surface area contributed by atoms with Crippen LogP contribution in [0.25, 0.3) is 66.0 Å². The van der Waals surface area contributed by atoms with Crippen LogP contribution in [-0.2, 0) is 5.41 Å². The Balaban J connectivity index is 1.43. The molecule has 0 fully saturated rings. The van der Waals surface area contributed by atoms with Gasteiger partial charge in [-0.25, -0.2) is 0 Å². The molecule has 6 aromatic carbocycles.